The highest BCUT2D eigenvalue weighted by atomic mass is 16.6. The van der Waals surface area contributed by atoms with Crippen LogP contribution in [0.15, 0.2) is 79.0 Å². The van der Waals surface area contributed by atoms with Crippen molar-refractivity contribution in [2.75, 3.05) is 0 Å². The summed E-state index contributed by atoms with van der Waals surface area (Å²) in [5, 5.41) is 18.0. The van der Waals surface area contributed by atoms with Crippen LogP contribution in [0.5, 0.6) is 0 Å². The van der Waals surface area contributed by atoms with Crippen LogP contribution in [0, 0.1) is 17.0 Å². The van der Waals surface area contributed by atoms with Crippen molar-refractivity contribution in [1.82, 2.24) is 14.8 Å². The van der Waals surface area contributed by atoms with E-state index in [1.165, 1.54) is 6.07 Å². The minimum Gasteiger partial charge on any atom is -0.258 e. The molecule has 3 aromatic carbocycles. The van der Waals surface area contributed by atoms with Crippen molar-refractivity contribution in [3.63, 3.8) is 0 Å². The van der Waals surface area contributed by atoms with Crippen LogP contribution in [0.1, 0.15) is 5.56 Å². The Balaban J connectivity index is 1.89. The number of non-ortho nitro benzene ring substituents is 1. The van der Waals surface area contributed by atoms with Gasteiger partial charge in [-0.3, -0.25) is 15.1 Å². The average molecular weight is 380 g/mol. The molecular formula is C23H16N4O2. The molecule has 0 aliphatic rings. The Bertz CT molecular complexity index is 1390. The lowest BCUT2D eigenvalue weighted by Crippen LogP contribution is -1.99. The summed E-state index contributed by atoms with van der Waals surface area (Å²) >= 11 is 0. The predicted molar refractivity (Wildman–Crippen MR) is 113 cm³/mol. The lowest BCUT2D eigenvalue weighted by atomic mass is 10.1. The molecule has 5 aromatic rings. The number of nitro groups is 1. The summed E-state index contributed by atoms with van der Waals surface area (Å²) in [7, 11) is 0. The van der Waals surface area contributed by atoms with E-state index < -0.39 is 4.92 Å². The topological polar surface area (TPSA) is 73.8 Å². The number of benzene rings is 3. The lowest BCUT2D eigenvalue weighted by Gasteiger charge is -2.06. The Kier molecular flexibility index (Phi) is 3.84. The summed E-state index contributed by atoms with van der Waals surface area (Å²) in [5.41, 5.74) is 5.30. The molecule has 0 aliphatic heterocycles. The Hall–Kier alpha value is -4.06. The van der Waals surface area contributed by atoms with Gasteiger partial charge in [0.25, 0.3) is 5.69 Å². The number of nitrogens with zero attached hydrogens (tertiary/aromatic N) is 4. The molecule has 0 saturated heterocycles. The van der Waals surface area contributed by atoms with Crippen molar-refractivity contribution >= 4 is 27.5 Å². The largest absolute Gasteiger partial charge is 0.271 e. The number of hydrogen-bond acceptors (Lipinski definition) is 4. The first-order valence-electron chi connectivity index (χ1n) is 9.20. The standard InChI is InChI=1S/C23H16N4O2/c1-15-10-11-19-21(12-15)24-14-20-22(16-6-3-2-4-7-16)25-26(23(19)20)17-8-5-9-18(13-17)27(28)29/h2-14H,1H3. The van der Waals surface area contributed by atoms with Crippen LogP contribution in [-0.4, -0.2) is 19.7 Å². The molecule has 0 bridgehead atoms. The van der Waals surface area contributed by atoms with E-state index in [0.717, 1.165) is 38.6 Å². The molecule has 29 heavy (non-hydrogen) atoms. The summed E-state index contributed by atoms with van der Waals surface area (Å²) in [4.78, 5) is 15.5. The molecule has 0 spiro atoms. The maximum atomic E-state index is 11.3. The van der Waals surface area contributed by atoms with E-state index in [2.05, 4.69) is 4.98 Å². The fourth-order valence-corrected chi connectivity index (χ4v) is 3.63. The molecule has 0 amide bonds. The van der Waals surface area contributed by atoms with Crippen LogP contribution in [0.25, 0.3) is 38.8 Å². The van der Waals surface area contributed by atoms with Gasteiger partial charge in [0.2, 0.25) is 0 Å². The van der Waals surface area contributed by atoms with Gasteiger partial charge in [0, 0.05) is 34.7 Å². The summed E-state index contributed by atoms with van der Waals surface area (Å²) in [6.45, 7) is 2.03. The van der Waals surface area contributed by atoms with Crippen LogP contribution in [-0.2, 0) is 0 Å². The first-order valence-corrected chi connectivity index (χ1v) is 9.20. The molecule has 0 N–H and O–H groups in total. The van der Waals surface area contributed by atoms with E-state index in [-0.39, 0.29) is 5.69 Å². The highest BCUT2D eigenvalue weighted by Crippen LogP contribution is 2.34. The number of nitro benzene ring substituents is 1. The van der Waals surface area contributed by atoms with Crippen molar-refractivity contribution < 1.29 is 4.92 Å². The lowest BCUT2D eigenvalue weighted by molar-refractivity contribution is -0.384. The van der Waals surface area contributed by atoms with Gasteiger partial charge in [-0.2, -0.15) is 5.10 Å². The molecule has 0 unspecified atom stereocenters. The van der Waals surface area contributed by atoms with Gasteiger partial charge in [-0.1, -0.05) is 48.5 Å². The monoisotopic (exact) mass is 380 g/mol. The highest BCUT2D eigenvalue weighted by molar-refractivity contribution is 6.08. The number of aryl methyl sites for hydroxylation is 1. The van der Waals surface area contributed by atoms with E-state index in [1.807, 2.05) is 67.7 Å². The number of pyridine rings is 1. The molecule has 0 fully saturated rings. The van der Waals surface area contributed by atoms with Gasteiger partial charge in [0.15, 0.2) is 0 Å². The minimum absolute atomic E-state index is 0.0293. The SMILES string of the molecule is Cc1ccc2c(c1)ncc1c(-c3ccccc3)nn(-c3cccc([N+](=O)[O-])c3)c12. The van der Waals surface area contributed by atoms with Crippen LogP contribution in [0.3, 0.4) is 0 Å². The van der Waals surface area contributed by atoms with Gasteiger partial charge in [-0.05, 0) is 24.6 Å². The van der Waals surface area contributed by atoms with Gasteiger partial charge < -0.3 is 0 Å². The Labute approximate surface area is 166 Å². The van der Waals surface area contributed by atoms with Crippen LogP contribution in [0.2, 0.25) is 0 Å². The Morgan fingerprint density at radius 1 is 0.931 bits per heavy atom. The molecule has 140 valence electrons. The second-order valence-electron chi connectivity index (χ2n) is 6.94. The van der Waals surface area contributed by atoms with Crippen molar-refractivity contribution in [2.24, 2.45) is 0 Å². The zero-order valence-corrected chi connectivity index (χ0v) is 15.6. The van der Waals surface area contributed by atoms with E-state index in [0.29, 0.717) is 5.69 Å². The third-order valence-corrected chi connectivity index (χ3v) is 5.00. The maximum Gasteiger partial charge on any atom is 0.271 e. The van der Waals surface area contributed by atoms with Crippen molar-refractivity contribution in [3.05, 3.63) is 94.7 Å². The first-order chi connectivity index (χ1) is 14.1. The zero-order chi connectivity index (χ0) is 20.0. The zero-order valence-electron chi connectivity index (χ0n) is 15.6. The van der Waals surface area contributed by atoms with Crippen LogP contribution >= 0.6 is 0 Å². The quantitative estimate of drug-likeness (QED) is 0.308. The van der Waals surface area contributed by atoms with Gasteiger partial charge in [0.1, 0.15) is 5.69 Å². The van der Waals surface area contributed by atoms with E-state index in [9.17, 15) is 10.1 Å². The van der Waals surface area contributed by atoms with E-state index in [4.69, 9.17) is 5.10 Å². The van der Waals surface area contributed by atoms with E-state index >= 15 is 0 Å². The molecule has 0 radical (unpaired) electrons. The van der Waals surface area contributed by atoms with Crippen molar-refractivity contribution in [1.29, 1.82) is 0 Å². The van der Waals surface area contributed by atoms with Crippen molar-refractivity contribution in [2.45, 2.75) is 6.92 Å². The van der Waals surface area contributed by atoms with Gasteiger partial charge in [-0.15, -0.1) is 0 Å². The number of aromatic nitrogens is 3. The summed E-state index contributed by atoms with van der Waals surface area (Å²) in [5.74, 6) is 0. The second kappa shape index (κ2) is 6.53. The predicted octanol–water partition coefficient (Wildman–Crippen LogP) is 5.46. The average Bonchev–Trinajstić information content (AvgIpc) is 3.14. The number of hydrogen-bond donors (Lipinski definition) is 0. The molecule has 6 nitrogen and oxygen atoms in total. The fourth-order valence-electron chi connectivity index (χ4n) is 3.63. The maximum absolute atomic E-state index is 11.3. The highest BCUT2D eigenvalue weighted by Gasteiger charge is 2.18. The third-order valence-electron chi connectivity index (χ3n) is 5.00. The molecule has 0 saturated carbocycles. The molecule has 0 aliphatic carbocycles. The molecule has 0 atom stereocenters. The Morgan fingerprint density at radius 2 is 1.76 bits per heavy atom. The normalized spacial score (nSPS) is 11.2. The van der Waals surface area contributed by atoms with Crippen LogP contribution in [0.4, 0.5) is 5.69 Å². The van der Waals surface area contributed by atoms with Gasteiger partial charge in [-0.25, -0.2) is 4.68 Å². The molecule has 6 heteroatoms. The summed E-state index contributed by atoms with van der Waals surface area (Å²) in [6.07, 6.45) is 1.83. The minimum atomic E-state index is -0.393. The summed E-state index contributed by atoms with van der Waals surface area (Å²) < 4.78 is 1.78. The first kappa shape index (κ1) is 17.1. The second-order valence-corrected chi connectivity index (χ2v) is 6.94. The fraction of sp³-hybridized carbons (Fsp3) is 0.0435. The number of fused-ring (bicyclic) bond motifs is 3. The van der Waals surface area contributed by atoms with Crippen LogP contribution < -0.4 is 0 Å². The molecule has 2 heterocycles. The third kappa shape index (κ3) is 2.82. The summed E-state index contributed by atoms with van der Waals surface area (Å²) in [6, 6.07) is 22.5. The smallest absolute Gasteiger partial charge is 0.258 e. The molecule has 2 aromatic heterocycles. The van der Waals surface area contributed by atoms with Crippen molar-refractivity contribution in [3.8, 4) is 16.9 Å². The van der Waals surface area contributed by atoms with Gasteiger partial charge >= 0.3 is 0 Å². The molecular weight excluding hydrogens is 364 g/mol. The molecule has 5 rings (SSSR count). The Morgan fingerprint density at radius 3 is 2.55 bits per heavy atom. The number of rotatable bonds is 3. The van der Waals surface area contributed by atoms with E-state index in [1.54, 1.807) is 16.8 Å². The van der Waals surface area contributed by atoms with Gasteiger partial charge in [0.05, 0.1) is 21.6 Å².